The number of ether oxygens (including phenoxy) is 1. The van der Waals surface area contributed by atoms with E-state index in [1.165, 1.54) is 21.8 Å². The number of aryl methyl sites for hydroxylation is 1. The molecule has 0 radical (unpaired) electrons. The number of benzene rings is 1. The summed E-state index contributed by atoms with van der Waals surface area (Å²) in [5, 5.41) is 4.76. The minimum Gasteiger partial charge on any atom is -0.465 e. The molecule has 144 valence electrons. The van der Waals surface area contributed by atoms with Crippen molar-refractivity contribution in [1.29, 1.82) is 0 Å². The molecule has 0 saturated carbocycles. The Kier molecular flexibility index (Phi) is 5.13. The number of carbonyl (C=O) groups is 2. The van der Waals surface area contributed by atoms with E-state index >= 15 is 0 Å². The molecule has 0 unspecified atom stereocenters. The van der Waals surface area contributed by atoms with Crippen LogP contribution in [0.5, 0.6) is 0 Å². The second kappa shape index (κ2) is 7.71. The first-order chi connectivity index (χ1) is 13.5. The predicted molar refractivity (Wildman–Crippen MR) is 105 cm³/mol. The van der Waals surface area contributed by atoms with Crippen LogP contribution in [0.1, 0.15) is 46.4 Å². The standard InChI is InChI=1S/C20H20N4O3S/c1-3-27-18(26)11-28-20-22-19-21-16-8-14(13-6-4-12(2)5-7-13)9-17(25)15(16)10-24(19)23-20/h4-7,10,14H,3,8-9,11H2,1-2H3/t14-/m0/s1. The van der Waals surface area contributed by atoms with Crippen molar-refractivity contribution in [2.75, 3.05) is 12.4 Å². The Hall–Kier alpha value is -2.74. The molecule has 8 heteroatoms. The minimum atomic E-state index is -0.310. The number of hydrogen-bond acceptors (Lipinski definition) is 7. The summed E-state index contributed by atoms with van der Waals surface area (Å²) in [6.45, 7) is 4.16. The van der Waals surface area contributed by atoms with Gasteiger partial charge in [0.15, 0.2) is 5.78 Å². The molecule has 1 aliphatic rings. The van der Waals surface area contributed by atoms with Crippen LogP contribution >= 0.6 is 11.8 Å². The molecule has 0 bridgehead atoms. The van der Waals surface area contributed by atoms with Gasteiger partial charge in [-0.2, -0.15) is 4.98 Å². The fourth-order valence-electron chi connectivity index (χ4n) is 3.33. The highest BCUT2D eigenvalue weighted by molar-refractivity contribution is 7.99. The maximum absolute atomic E-state index is 12.7. The molecule has 7 nitrogen and oxygen atoms in total. The van der Waals surface area contributed by atoms with Crippen molar-refractivity contribution in [1.82, 2.24) is 19.6 Å². The van der Waals surface area contributed by atoms with Crippen molar-refractivity contribution in [3.63, 3.8) is 0 Å². The van der Waals surface area contributed by atoms with Gasteiger partial charge in [0.1, 0.15) is 0 Å². The molecular weight excluding hydrogens is 376 g/mol. The number of rotatable bonds is 5. The summed E-state index contributed by atoms with van der Waals surface area (Å²) in [6, 6.07) is 8.30. The van der Waals surface area contributed by atoms with Gasteiger partial charge in [0, 0.05) is 12.6 Å². The molecule has 28 heavy (non-hydrogen) atoms. The molecule has 0 spiro atoms. The van der Waals surface area contributed by atoms with Gasteiger partial charge in [-0.15, -0.1) is 5.10 Å². The van der Waals surface area contributed by atoms with Crippen LogP contribution in [0, 0.1) is 6.92 Å². The van der Waals surface area contributed by atoms with E-state index in [1.807, 2.05) is 6.92 Å². The second-order valence-electron chi connectivity index (χ2n) is 6.77. The average molecular weight is 396 g/mol. The fraction of sp³-hybridized carbons (Fsp3) is 0.350. The number of aromatic nitrogens is 4. The van der Waals surface area contributed by atoms with Crippen molar-refractivity contribution in [2.45, 2.75) is 37.8 Å². The van der Waals surface area contributed by atoms with Gasteiger partial charge >= 0.3 is 5.97 Å². The summed E-state index contributed by atoms with van der Waals surface area (Å²) in [6.07, 6.45) is 2.86. The lowest BCUT2D eigenvalue weighted by molar-refractivity contribution is -0.139. The number of nitrogens with zero attached hydrogens (tertiary/aromatic N) is 4. The summed E-state index contributed by atoms with van der Waals surface area (Å²) in [7, 11) is 0. The van der Waals surface area contributed by atoms with Crippen molar-refractivity contribution in [3.8, 4) is 0 Å². The van der Waals surface area contributed by atoms with E-state index in [2.05, 4.69) is 39.3 Å². The van der Waals surface area contributed by atoms with E-state index < -0.39 is 0 Å². The molecule has 0 saturated heterocycles. The third-order valence-electron chi connectivity index (χ3n) is 4.74. The maximum atomic E-state index is 12.7. The molecule has 0 N–H and O–H groups in total. The fourth-order valence-corrected chi connectivity index (χ4v) is 3.95. The Balaban J connectivity index is 1.58. The third kappa shape index (κ3) is 3.77. The number of ketones is 1. The SMILES string of the molecule is CCOC(=O)CSc1nc2nc3c(cn2n1)C(=O)C[C@@H](c1ccc(C)cc1)C3. The molecule has 0 amide bonds. The lowest BCUT2D eigenvalue weighted by Gasteiger charge is -2.23. The summed E-state index contributed by atoms with van der Waals surface area (Å²) in [4.78, 5) is 33.2. The lowest BCUT2D eigenvalue weighted by Crippen LogP contribution is -2.21. The van der Waals surface area contributed by atoms with E-state index in [-0.39, 0.29) is 23.4 Å². The molecule has 0 aliphatic heterocycles. The first-order valence-electron chi connectivity index (χ1n) is 9.18. The highest BCUT2D eigenvalue weighted by Gasteiger charge is 2.28. The van der Waals surface area contributed by atoms with Gasteiger partial charge in [-0.1, -0.05) is 41.6 Å². The van der Waals surface area contributed by atoms with E-state index in [0.29, 0.717) is 35.9 Å². The molecule has 2 heterocycles. The zero-order valence-electron chi connectivity index (χ0n) is 15.7. The van der Waals surface area contributed by atoms with Crippen LogP contribution in [0.25, 0.3) is 5.78 Å². The second-order valence-corrected chi connectivity index (χ2v) is 7.72. The number of thioether (sulfide) groups is 1. The number of fused-ring (bicyclic) bond motifs is 2. The zero-order valence-corrected chi connectivity index (χ0v) is 16.5. The van der Waals surface area contributed by atoms with E-state index in [9.17, 15) is 9.59 Å². The van der Waals surface area contributed by atoms with Crippen LogP contribution in [0.3, 0.4) is 0 Å². The Morgan fingerprint density at radius 2 is 2.04 bits per heavy atom. The first kappa shape index (κ1) is 18.6. The monoisotopic (exact) mass is 396 g/mol. The Morgan fingerprint density at radius 3 is 2.79 bits per heavy atom. The van der Waals surface area contributed by atoms with Gasteiger partial charge in [0.2, 0.25) is 5.16 Å². The van der Waals surface area contributed by atoms with E-state index in [4.69, 9.17) is 4.74 Å². The van der Waals surface area contributed by atoms with Crippen molar-refractivity contribution in [3.05, 3.63) is 52.8 Å². The van der Waals surface area contributed by atoms with Crippen molar-refractivity contribution in [2.24, 2.45) is 0 Å². The van der Waals surface area contributed by atoms with Crippen LogP contribution in [-0.4, -0.2) is 43.7 Å². The first-order valence-corrected chi connectivity index (χ1v) is 10.2. The maximum Gasteiger partial charge on any atom is 0.316 e. The molecule has 0 fully saturated rings. The van der Waals surface area contributed by atoms with Gasteiger partial charge < -0.3 is 4.74 Å². The highest BCUT2D eigenvalue weighted by Crippen LogP contribution is 2.32. The van der Waals surface area contributed by atoms with Crippen molar-refractivity contribution < 1.29 is 14.3 Å². The van der Waals surface area contributed by atoms with Gasteiger partial charge in [-0.05, 0) is 31.7 Å². The van der Waals surface area contributed by atoms with Crippen LogP contribution in [0.4, 0.5) is 0 Å². The lowest BCUT2D eigenvalue weighted by atomic mass is 9.82. The highest BCUT2D eigenvalue weighted by atomic mass is 32.2. The predicted octanol–water partition coefficient (Wildman–Crippen LogP) is 3.00. The Labute approximate surface area is 166 Å². The number of carbonyl (C=O) groups excluding carboxylic acids is 2. The number of Topliss-reactive ketones (excluding diaryl/α,β-unsaturated/α-hetero) is 1. The van der Waals surface area contributed by atoms with Gasteiger partial charge in [-0.3, -0.25) is 9.59 Å². The summed E-state index contributed by atoms with van der Waals surface area (Å²) in [5.41, 5.74) is 3.70. The molecule has 2 aromatic heterocycles. The van der Waals surface area contributed by atoms with Crippen LogP contribution < -0.4 is 0 Å². The summed E-state index contributed by atoms with van der Waals surface area (Å²) < 4.78 is 6.42. The van der Waals surface area contributed by atoms with Crippen molar-refractivity contribution >= 4 is 29.3 Å². The zero-order chi connectivity index (χ0) is 19.7. The smallest absolute Gasteiger partial charge is 0.316 e. The third-order valence-corrected chi connectivity index (χ3v) is 5.55. The van der Waals surface area contributed by atoms with Gasteiger partial charge in [-0.25, -0.2) is 9.50 Å². The Bertz CT molecular complexity index is 1050. The molecule has 3 aromatic rings. The minimum absolute atomic E-state index is 0.0671. The van der Waals surface area contributed by atoms with E-state index in [1.54, 1.807) is 13.1 Å². The molecule has 1 aromatic carbocycles. The van der Waals surface area contributed by atoms with Crippen LogP contribution in [-0.2, 0) is 16.0 Å². The molecular formula is C20H20N4O3S. The summed E-state index contributed by atoms with van der Waals surface area (Å²) in [5.74, 6) is 0.449. The topological polar surface area (TPSA) is 86.4 Å². The van der Waals surface area contributed by atoms with Gasteiger partial charge in [0.25, 0.3) is 5.78 Å². The van der Waals surface area contributed by atoms with Gasteiger partial charge in [0.05, 0.1) is 23.6 Å². The number of hydrogen-bond donors (Lipinski definition) is 0. The van der Waals surface area contributed by atoms with Crippen LogP contribution in [0.15, 0.2) is 35.6 Å². The van der Waals surface area contributed by atoms with Crippen LogP contribution in [0.2, 0.25) is 0 Å². The molecule has 1 atom stereocenters. The Morgan fingerprint density at radius 1 is 1.25 bits per heavy atom. The largest absolute Gasteiger partial charge is 0.465 e. The average Bonchev–Trinajstić information content (AvgIpc) is 3.07. The molecule has 4 rings (SSSR count). The molecule has 1 aliphatic carbocycles. The van der Waals surface area contributed by atoms with E-state index in [0.717, 1.165) is 11.3 Å². The normalized spacial score (nSPS) is 16.2. The summed E-state index contributed by atoms with van der Waals surface area (Å²) >= 11 is 1.19. The number of esters is 1. The quantitative estimate of drug-likeness (QED) is 0.484.